The van der Waals surface area contributed by atoms with Crippen LogP contribution in [0.25, 0.3) is 10.9 Å². The molecular formula is C21H21N3O4S. The van der Waals surface area contributed by atoms with Gasteiger partial charge in [0.2, 0.25) is 5.91 Å². The van der Waals surface area contributed by atoms with Crippen molar-refractivity contribution in [2.75, 3.05) is 12.4 Å². The number of ether oxygens (including phenoxy) is 1. The first kappa shape index (κ1) is 19.3. The first-order chi connectivity index (χ1) is 14.0. The van der Waals surface area contributed by atoms with E-state index in [4.69, 9.17) is 4.74 Å². The summed E-state index contributed by atoms with van der Waals surface area (Å²) in [7, 11) is 1.34. The number of hydrogen-bond donors (Lipinski definition) is 1. The number of aromatic nitrogens is 2. The largest absolute Gasteiger partial charge is 0.465 e. The smallest absolute Gasteiger partial charge is 0.341 e. The molecular weight excluding hydrogens is 390 g/mol. The summed E-state index contributed by atoms with van der Waals surface area (Å²) in [6, 6.07) is 5.39. The molecule has 3 aromatic rings. The van der Waals surface area contributed by atoms with Crippen LogP contribution in [-0.4, -0.2) is 28.5 Å². The molecule has 2 aromatic heterocycles. The lowest BCUT2D eigenvalue weighted by molar-refractivity contribution is -0.116. The quantitative estimate of drug-likeness (QED) is 0.667. The van der Waals surface area contributed by atoms with Crippen LogP contribution in [0.5, 0.6) is 0 Å². The monoisotopic (exact) mass is 411 g/mol. The van der Waals surface area contributed by atoms with Crippen LogP contribution in [0.4, 0.5) is 5.00 Å². The van der Waals surface area contributed by atoms with Crippen molar-refractivity contribution in [2.45, 2.75) is 39.2 Å². The maximum Gasteiger partial charge on any atom is 0.341 e. The highest BCUT2D eigenvalue weighted by molar-refractivity contribution is 7.17. The number of aryl methyl sites for hydroxylation is 2. The molecule has 0 saturated heterocycles. The number of nitrogens with one attached hydrogen (secondary N) is 1. The second kappa shape index (κ2) is 7.79. The fourth-order valence-corrected chi connectivity index (χ4v) is 5.04. The van der Waals surface area contributed by atoms with Crippen LogP contribution in [-0.2, 0) is 28.9 Å². The van der Waals surface area contributed by atoms with Gasteiger partial charge in [-0.25, -0.2) is 9.78 Å². The minimum atomic E-state index is -0.445. The van der Waals surface area contributed by atoms with Crippen LogP contribution in [0.1, 0.15) is 39.2 Å². The van der Waals surface area contributed by atoms with Crippen LogP contribution in [0.15, 0.2) is 29.3 Å². The van der Waals surface area contributed by atoms with Crippen LogP contribution >= 0.6 is 11.3 Å². The molecule has 0 spiro atoms. The van der Waals surface area contributed by atoms with Gasteiger partial charge >= 0.3 is 5.97 Å². The summed E-state index contributed by atoms with van der Waals surface area (Å²) >= 11 is 1.42. The van der Waals surface area contributed by atoms with Crippen molar-refractivity contribution in [2.24, 2.45) is 0 Å². The summed E-state index contributed by atoms with van der Waals surface area (Å²) in [5, 5.41) is 3.78. The number of hydrogen-bond acceptors (Lipinski definition) is 6. The number of amides is 1. The van der Waals surface area contributed by atoms with Crippen molar-refractivity contribution >= 4 is 39.1 Å². The standard InChI is InChI=1S/C21H21N3O4S/c1-12-6-5-8-14-18(12)22-11-24(20(14)26)10-16(25)23-19-17(21(27)28-2)13-7-3-4-9-15(13)29-19/h5-6,8,11H,3-4,7,9-10H2,1-2H3,(H,23,25). The summed E-state index contributed by atoms with van der Waals surface area (Å²) in [5.74, 6) is -0.829. The van der Waals surface area contributed by atoms with Crippen molar-refractivity contribution < 1.29 is 14.3 Å². The maximum absolute atomic E-state index is 12.7. The summed E-state index contributed by atoms with van der Waals surface area (Å²) in [6.07, 6.45) is 5.17. The molecule has 1 aliphatic rings. The zero-order valence-corrected chi connectivity index (χ0v) is 17.1. The Hall–Kier alpha value is -3.00. The third-order valence-corrected chi connectivity index (χ3v) is 6.39. The second-order valence-electron chi connectivity index (χ2n) is 7.10. The van der Waals surface area contributed by atoms with E-state index in [0.717, 1.165) is 41.7 Å². The predicted molar refractivity (Wildman–Crippen MR) is 112 cm³/mol. The third kappa shape index (κ3) is 3.55. The number of nitrogens with zero attached hydrogens (tertiary/aromatic N) is 2. The summed E-state index contributed by atoms with van der Waals surface area (Å²) < 4.78 is 6.21. The van der Waals surface area contributed by atoms with Crippen molar-refractivity contribution in [1.29, 1.82) is 0 Å². The molecule has 4 rings (SSSR count). The Labute approximate surface area is 171 Å². The van der Waals surface area contributed by atoms with Gasteiger partial charge in [0.25, 0.3) is 5.56 Å². The number of anilines is 1. The summed E-state index contributed by atoms with van der Waals surface area (Å²) in [4.78, 5) is 43.1. The minimum Gasteiger partial charge on any atom is -0.465 e. The van der Waals surface area contributed by atoms with Crippen molar-refractivity contribution in [3.63, 3.8) is 0 Å². The van der Waals surface area contributed by atoms with E-state index in [-0.39, 0.29) is 18.0 Å². The number of rotatable bonds is 4. The van der Waals surface area contributed by atoms with Crippen molar-refractivity contribution in [1.82, 2.24) is 9.55 Å². The van der Waals surface area contributed by atoms with E-state index < -0.39 is 5.97 Å². The fraction of sp³-hybridized carbons (Fsp3) is 0.333. The zero-order chi connectivity index (χ0) is 20.5. The Kier molecular flexibility index (Phi) is 5.19. The Morgan fingerprint density at radius 3 is 2.86 bits per heavy atom. The molecule has 1 amide bonds. The molecule has 0 bridgehead atoms. The second-order valence-corrected chi connectivity index (χ2v) is 8.21. The first-order valence-electron chi connectivity index (χ1n) is 9.47. The molecule has 8 heteroatoms. The predicted octanol–water partition coefficient (Wildman–Crippen LogP) is 3.07. The lowest BCUT2D eigenvalue weighted by Gasteiger charge is -2.12. The molecule has 0 atom stereocenters. The topological polar surface area (TPSA) is 90.3 Å². The van der Waals surface area contributed by atoms with E-state index in [1.807, 2.05) is 13.0 Å². The van der Waals surface area contributed by atoms with Crippen LogP contribution in [0, 0.1) is 6.92 Å². The van der Waals surface area contributed by atoms with Gasteiger partial charge in [0.05, 0.1) is 29.9 Å². The molecule has 150 valence electrons. The average Bonchev–Trinajstić information content (AvgIpc) is 3.07. The number of carbonyl (C=O) groups excluding carboxylic acids is 2. The van der Waals surface area contributed by atoms with Crippen LogP contribution in [0.2, 0.25) is 0 Å². The van der Waals surface area contributed by atoms with E-state index in [1.54, 1.807) is 12.1 Å². The number of methoxy groups -OCH3 is 1. The number of esters is 1. The molecule has 1 N–H and O–H groups in total. The van der Waals surface area contributed by atoms with Gasteiger partial charge in [-0.05, 0) is 49.8 Å². The lowest BCUT2D eigenvalue weighted by Crippen LogP contribution is -2.28. The van der Waals surface area contributed by atoms with Gasteiger partial charge in [0, 0.05) is 4.88 Å². The summed E-state index contributed by atoms with van der Waals surface area (Å²) in [5.41, 5.74) is 2.69. The van der Waals surface area contributed by atoms with Crippen LogP contribution in [0.3, 0.4) is 0 Å². The van der Waals surface area contributed by atoms with E-state index in [2.05, 4.69) is 10.3 Å². The number of thiophene rings is 1. The molecule has 0 aliphatic heterocycles. The molecule has 7 nitrogen and oxygen atoms in total. The SMILES string of the molecule is COC(=O)c1c(NC(=O)Cn2cnc3c(C)cccc3c2=O)sc2c1CCCC2. The normalized spacial score (nSPS) is 13.2. The Balaban J connectivity index is 1.62. The molecule has 1 aromatic carbocycles. The Morgan fingerprint density at radius 1 is 1.28 bits per heavy atom. The van der Waals surface area contributed by atoms with Gasteiger partial charge in [-0.3, -0.25) is 14.2 Å². The number of para-hydroxylation sites is 1. The van der Waals surface area contributed by atoms with E-state index in [9.17, 15) is 14.4 Å². The lowest BCUT2D eigenvalue weighted by atomic mass is 9.95. The van der Waals surface area contributed by atoms with Gasteiger partial charge in [-0.1, -0.05) is 12.1 Å². The third-order valence-electron chi connectivity index (χ3n) is 5.18. The Morgan fingerprint density at radius 2 is 2.07 bits per heavy atom. The molecule has 0 radical (unpaired) electrons. The summed E-state index contributed by atoms with van der Waals surface area (Å²) in [6.45, 7) is 1.71. The fourth-order valence-electron chi connectivity index (χ4n) is 3.74. The molecule has 1 aliphatic carbocycles. The van der Waals surface area contributed by atoms with E-state index >= 15 is 0 Å². The number of benzene rings is 1. The number of carbonyl (C=O) groups is 2. The molecule has 2 heterocycles. The van der Waals surface area contributed by atoms with Gasteiger partial charge in [0.15, 0.2) is 0 Å². The van der Waals surface area contributed by atoms with E-state index in [0.29, 0.717) is 21.5 Å². The Bertz CT molecular complexity index is 1180. The van der Waals surface area contributed by atoms with E-state index in [1.165, 1.54) is 29.3 Å². The highest BCUT2D eigenvalue weighted by atomic mass is 32.1. The highest BCUT2D eigenvalue weighted by Crippen LogP contribution is 2.38. The molecule has 0 saturated carbocycles. The van der Waals surface area contributed by atoms with Crippen molar-refractivity contribution in [3.05, 3.63) is 56.4 Å². The highest BCUT2D eigenvalue weighted by Gasteiger charge is 2.27. The van der Waals surface area contributed by atoms with Gasteiger partial charge in [0.1, 0.15) is 11.5 Å². The number of fused-ring (bicyclic) bond motifs is 2. The molecule has 29 heavy (non-hydrogen) atoms. The van der Waals surface area contributed by atoms with Gasteiger partial charge in [-0.15, -0.1) is 11.3 Å². The van der Waals surface area contributed by atoms with Gasteiger partial charge < -0.3 is 10.1 Å². The average molecular weight is 411 g/mol. The van der Waals surface area contributed by atoms with Crippen LogP contribution < -0.4 is 10.9 Å². The van der Waals surface area contributed by atoms with Crippen molar-refractivity contribution in [3.8, 4) is 0 Å². The minimum absolute atomic E-state index is 0.182. The maximum atomic E-state index is 12.7. The molecule has 0 unspecified atom stereocenters. The molecule has 0 fully saturated rings. The first-order valence-corrected chi connectivity index (χ1v) is 10.3. The zero-order valence-electron chi connectivity index (χ0n) is 16.3. The van der Waals surface area contributed by atoms with Gasteiger partial charge in [-0.2, -0.15) is 0 Å².